The van der Waals surface area contributed by atoms with E-state index in [0.717, 1.165) is 16.7 Å². The molecule has 0 radical (unpaired) electrons. The summed E-state index contributed by atoms with van der Waals surface area (Å²) in [6.07, 6.45) is 1.14. The highest BCUT2D eigenvalue weighted by Gasteiger charge is 2.53. The van der Waals surface area contributed by atoms with Gasteiger partial charge in [-0.05, 0) is 5.56 Å². The third kappa shape index (κ3) is 2.08. The highest BCUT2D eigenvalue weighted by atomic mass is 19.1. The molecule has 2 amide bonds. The van der Waals surface area contributed by atoms with E-state index in [1.807, 2.05) is 30.3 Å². The van der Waals surface area contributed by atoms with E-state index in [2.05, 4.69) is 11.9 Å². The second kappa shape index (κ2) is 4.73. The summed E-state index contributed by atoms with van der Waals surface area (Å²) >= 11 is 0. The van der Waals surface area contributed by atoms with Crippen molar-refractivity contribution in [1.29, 1.82) is 0 Å². The summed E-state index contributed by atoms with van der Waals surface area (Å²) in [4.78, 5) is 25.7. The first-order valence-electron chi connectivity index (χ1n) is 6.41. The van der Waals surface area contributed by atoms with E-state index in [1.54, 1.807) is 0 Å². The molecule has 2 heterocycles. The summed E-state index contributed by atoms with van der Waals surface area (Å²) in [5.41, 5.74) is -0.526. The van der Waals surface area contributed by atoms with Gasteiger partial charge in [0.2, 0.25) is 0 Å². The molecule has 1 aromatic rings. The predicted molar refractivity (Wildman–Crippen MR) is 72.1 cm³/mol. The Morgan fingerprint density at radius 1 is 1.33 bits per heavy atom. The molecule has 0 saturated carbocycles. The van der Waals surface area contributed by atoms with Crippen LogP contribution in [0, 0.1) is 0 Å². The predicted octanol–water partition coefficient (Wildman–Crippen LogP) is 1.24. The monoisotopic (exact) mass is 288 g/mol. The quantitative estimate of drug-likeness (QED) is 0.833. The van der Waals surface area contributed by atoms with Gasteiger partial charge in [-0.25, -0.2) is 0 Å². The lowest BCUT2D eigenvalue weighted by Gasteiger charge is -2.45. The van der Waals surface area contributed by atoms with Gasteiger partial charge >= 0.3 is 0 Å². The second-order valence-electron chi connectivity index (χ2n) is 5.02. The molecule has 1 N–H and O–H groups in total. The Morgan fingerprint density at radius 3 is 2.76 bits per heavy atom. The normalized spacial score (nSPS) is 24.9. The lowest BCUT2D eigenvalue weighted by molar-refractivity contribution is -0.153. The van der Waals surface area contributed by atoms with Crippen LogP contribution < -0.4 is 5.32 Å². The van der Waals surface area contributed by atoms with Crippen molar-refractivity contribution >= 4 is 11.8 Å². The topological polar surface area (TPSA) is 58.6 Å². The molecule has 1 saturated heterocycles. The highest BCUT2D eigenvalue weighted by molar-refractivity contribution is 6.07. The molecule has 1 aromatic carbocycles. The molecule has 6 heteroatoms. The van der Waals surface area contributed by atoms with Gasteiger partial charge in [-0.2, -0.15) is 4.39 Å². The number of fused-ring (bicyclic) bond motifs is 1. The zero-order valence-corrected chi connectivity index (χ0v) is 11.1. The first kappa shape index (κ1) is 13.4. The van der Waals surface area contributed by atoms with E-state index in [1.165, 1.54) is 0 Å². The Kier molecular flexibility index (Phi) is 3.01. The number of piperazine rings is 1. The summed E-state index contributed by atoms with van der Waals surface area (Å²) in [5.74, 6) is -0.969. The Labute approximate surface area is 120 Å². The molecule has 0 spiro atoms. The Morgan fingerprint density at radius 2 is 2.05 bits per heavy atom. The van der Waals surface area contributed by atoms with Crippen LogP contribution in [0.4, 0.5) is 4.39 Å². The van der Waals surface area contributed by atoms with Crippen LogP contribution in [0.3, 0.4) is 0 Å². The molecule has 2 aliphatic rings. The van der Waals surface area contributed by atoms with Gasteiger partial charge in [-0.1, -0.05) is 36.9 Å². The summed E-state index contributed by atoms with van der Waals surface area (Å²) in [6, 6.07) is 8.29. The van der Waals surface area contributed by atoms with Gasteiger partial charge in [-0.3, -0.25) is 14.5 Å². The summed E-state index contributed by atoms with van der Waals surface area (Å²) in [6.45, 7) is 3.24. The number of benzene rings is 1. The van der Waals surface area contributed by atoms with Gasteiger partial charge in [0.1, 0.15) is 6.61 Å². The number of halogens is 1. The first-order valence-corrected chi connectivity index (χ1v) is 6.41. The lowest BCUT2D eigenvalue weighted by atomic mass is 9.86. The van der Waals surface area contributed by atoms with Gasteiger partial charge in [-0.15, -0.1) is 0 Å². The van der Waals surface area contributed by atoms with Gasteiger partial charge < -0.3 is 10.1 Å². The van der Waals surface area contributed by atoms with E-state index in [0.29, 0.717) is 0 Å². The maximum Gasteiger partial charge on any atom is 0.289 e. The Bertz CT molecular complexity index is 656. The maximum atomic E-state index is 13.4. The van der Waals surface area contributed by atoms with Crippen molar-refractivity contribution in [3.05, 3.63) is 60.4 Å². The van der Waals surface area contributed by atoms with Crippen molar-refractivity contribution in [3.8, 4) is 0 Å². The third-order valence-electron chi connectivity index (χ3n) is 3.64. The van der Waals surface area contributed by atoms with E-state index in [-0.39, 0.29) is 18.7 Å². The molecular weight excluding hydrogens is 275 g/mol. The first-order chi connectivity index (χ1) is 10.0. The van der Waals surface area contributed by atoms with Crippen LogP contribution in [0.5, 0.6) is 0 Å². The van der Waals surface area contributed by atoms with Gasteiger partial charge in [0, 0.05) is 6.42 Å². The van der Waals surface area contributed by atoms with Crippen LogP contribution in [-0.4, -0.2) is 28.9 Å². The van der Waals surface area contributed by atoms with Crippen molar-refractivity contribution in [1.82, 2.24) is 10.2 Å². The third-order valence-corrected chi connectivity index (χ3v) is 3.64. The molecule has 5 nitrogen and oxygen atoms in total. The summed E-state index contributed by atoms with van der Waals surface area (Å²) in [5, 5.41) is 2.45. The molecule has 3 rings (SSSR count). The van der Waals surface area contributed by atoms with Crippen LogP contribution >= 0.6 is 0 Å². The van der Waals surface area contributed by atoms with Crippen molar-refractivity contribution in [2.75, 3.05) is 6.61 Å². The molecule has 108 valence electrons. The van der Waals surface area contributed by atoms with Crippen LogP contribution in [0.15, 0.2) is 54.8 Å². The van der Waals surface area contributed by atoms with Crippen molar-refractivity contribution in [2.45, 2.75) is 12.0 Å². The number of nitrogens with zero attached hydrogens (tertiary/aromatic N) is 1. The van der Waals surface area contributed by atoms with Crippen molar-refractivity contribution in [2.24, 2.45) is 0 Å². The molecule has 0 bridgehead atoms. The Balaban J connectivity index is 2.05. The smallest absolute Gasteiger partial charge is 0.289 e. The highest BCUT2D eigenvalue weighted by Crippen LogP contribution is 2.32. The average Bonchev–Trinajstić information content (AvgIpc) is 2.48. The fourth-order valence-electron chi connectivity index (χ4n) is 2.55. The van der Waals surface area contributed by atoms with Crippen molar-refractivity contribution < 1.29 is 18.7 Å². The molecular formula is C15H13FN2O3. The SMILES string of the molecule is C=C1NC(=O)[C@@]2(Cc3ccccc3)COC(F)=CN2C1=O. The molecule has 1 fully saturated rings. The summed E-state index contributed by atoms with van der Waals surface area (Å²) in [7, 11) is 0. The molecule has 0 aromatic heterocycles. The zero-order valence-electron chi connectivity index (χ0n) is 11.1. The molecule has 0 unspecified atom stereocenters. The molecule has 2 aliphatic heterocycles. The fraction of sp³-hybridized carbons (Fsp3) is 0.200. The molecule has 21 heavy (non-hydrogen) atoms. The number of rotatable bonds is 2. The standard InChI is InChI=1S/C15H13FN2O3/c1-10-13(19)18-8-12(16)21-9-15(18,14(20)17-10)7-11-5-3-2-4-6-11/h2-6,8H,1,7,9H2,(H,17,20)/t15-/m1/s1. The van der Waals surface area contributed by atoms with Crippen LogP contribution in [0.1, 0.15) is 5.56 Å². The fourth-order valence-corrected chi connectivity index (χ4v) is 2.55. The number of nitrogens with one attached hydrogen (secondary N) is 1. The number of ether oxygens (including phenoxy) is 1. The number of carbonyl (C=O) groups is 2. The van der Waals surface area contributed by atoms with E-state index in [9.17, 15) is 14.0 Å². The minimum Gasteiger partial charge on any atom is -0.467 e. The van der Waals surface area contributed by atoms with E-state index < -0.39 is 23.4 Å². The van der Waals surface area contributed by atoms with Gasteiger partial charge in [0.25, 0.3) is 17.8 Å². The minimum atomic E-state index is -1.30. The van der Waals surface area contributed by atoms with Crippen molar-refractivity contribution in [3.63, 3.8) is 0 Å². The van der Waals surface area contributed by atoms with E-state index in [4.69, 9.17) is 4.74 Å². The van der Waals surface area contributed by atoms with Crippen LogP contribution in [-0.2, 0) is 20.7 Å². The average molecular weight is 288 g/mol. The van der Waals surface area contributed by atoms with Crippen LogP contribution in [0.2, 0.25) is 0 Å². The Hall–Kier alpha value is -2.63. The van der Waals surface area contributed by atoms with Gasteiger partial charge in [0.05, 0.1) is 11.9 Å². The largest absolute Gasteiger partial charge is 0.467 e. The zero-order chi connectivity index (χ0) is 15.0. The molecule has 0 aliphatic carbocycles. The number of amides is 2. The minimum absolute atomic E-state index is 0.0744. The maximum absolute atomic E-state index is 13.4. The van der Waals surface area contributed by atoms with Crippen LogP contribution in [0.25, 0.3) is 0 Å². The van der Waals surface area contributed by atoms with E-state index >= 15 is 0 Å². The number of hydrogen-bond acceptors (Lipinski definition) is 3. The number of hydrogen-bond donors (Lipinski definition) is 1. The number of carbonyl (C=O) groups excluding carboxylic acids is 2. The lowest BCUT2D eigenvalue weighted by Crippen LogP contribution is -2.68. The summed E-state index contributed by atoms with van der Waals surface area (Å²) < 4.78 is 18.3. The van der Waals surface area contributed by atoms with Gasteiger partial charge in [0.15, 0.2) is 5.54 Å². The molecule has 1 atom stereocenters. The second-order valence-corrected chi connectivity index (χ2v) is 5.02.